The monoisotopic (exact) mass is 246 g/mol. The summed E-state index contributed by atoms with van der Waals surface area (Å²) in [6, 6.07) is 0. The number of halogens is 5. The van der Waals surface area contributed by atoms with Crippen LogP contribution in [0, 0.1) is 0 Å². The first kappa shape index (κ1) is 15.3. The number of allylic oxidation sites excluding steroid dienone is 1. The number of rotatable bonds is 3. The normalized spacial score (nSPS) is 13.9. The lowest BCUT2D eigenvalue weighted by atomic mass is 10.0. The maximum absolute atomic E-state index is 13.4. The minimum Gasteiger partial charge on any atom is -0.468 e. The molecular weight excluding hydrogens is 231 g/mol. The van der Waals surface area contributed by atoms with Crippen molar-refractivity contribution in [1.82, 2.24) is 0 Å². The molecule has 0 saturated heterocycles. The average Bonchev–Trinajstić information content (AvgIpc) is 1.70. The molecule has 0 rings (SSSR count). The van der Waals surface area contributed by atoms with Gasteiger partial charge in [-0.15, -0.1) is 0 Å². The lowest BCUT2D eigenvalue weighted by Gasteiger charge is -2.37. The Kier molecular flexibility index (Phi) is 4.10. The Hall–Kier alpha value is -0.690. The van der Waals surface area contributed by atoms with E-state index in [9.17, 15) is 22.0 Å². The standard InChI is InChI=1S/C9H15F5N2/c1-6(2)7(9(12,13)14)8(10,11)5-16(3,4)15/h15H,5H2,1-4H3. The fourth-order valence-corrected chi connectivity index (χ4v) is 1.43. The molecule has 0 aliphatic carbocycles. The minimum absolute atomic E-state index is 0.481. The molecule has 0 heterocycles. The van der Waals surface area contributed by atoms with Crippen LogP contribution in [0.15, 0.2) is 11.1 Å². The van der Waals surface area contributed by atoms with Crippen LogP contribution in [0.2, 0.25) is 0 Å². The third-order valence-electron chi connectivity index (χ3n) is 1.74. The van der Waals surface area contributed by atoms with Gasteiger partial charge in [-0.2, -0.15) is 22.0 Å². The van der Waals surface area contributed by atoms with Crippen LogP contribution in [0.25, 0.3) is 5.84 Å². The topological polar surface area (TPSA) is 23.8 Å². The van der Waals surface area contributed by atoms with E-state index in [0.717, 1.165) is 27.9 Å². The highest BCUT2D eigenvalue weighted by atomic mass is 19.4. The van der Waals surface area contributed by atoms with E-state index in [0.29, 0.717) is 0 Å². The Morgan fingerprint density at radius 3 is 1.62 bits per heavy atom. The van der Waals surface area contributed by atoms with Gasteiger partial charge in [-0.05, 0) is 13.8 Å². The molecule has 0 radical (unpaired) electrons. The lowest BCUT2D eigenvalue weighted by Crippen LogP contribution is -2.46. The largest absolute Gasteiger partial charge is 0.468 e. The minimum atomic E-state index is -5.07. The first-order chi connectivity index (χ1) is 6.77. The summed E-state index contributed by atoms with van der Waals surface area (Å²) in [5, 5.41) is 0. The van der Waals surface area contributed by atoms with E-state index < -0.39 is 34.4 Å². The van der Waals surface area contributed by atoms with E-state index in [1.165, 1.54) is 0 Å². The zero-order chi connectivity index (χ0) is 13.4. The van der Waals surface area contributed by atoms with Gasteiger partial charge in [0.2, 0.25) is 0 Å². The molecule has 0 aromatic carbocycles. The third-order valence-corrected chi connectivity index (χ3v) is 1.74. The number of alkyl halides is 5. The van der Waals surface area contributed by atoms with Gasteiger partial charge in [0.1, 0.15) is 12.1 Å². The number of nitrogens with one attached hydrogen (secondary N) is 1. The number of hydrogen-bond donors (Lipinski definition) is 0. The average molecular weight is 246 g/mol. The van der Waals surface area contributed by atoms with Crippen molar-refractivity contribution < 1.29 is 26.5 Å². The molecule has 0 spiro atoms. The van der Waals surface area contributed by atoms with E-state index in [1.54, 1.807) is 0 Å². The highest BCUT2D eigenvalue weighted by Crippen LogP contribution is 2.40. The molecule has 0 unspecified atom stereocenters. The second-order valence-corrected chi connectivity index (χ2v) is 4.42. The second kappa shape index (κ2) is 4.29. The molecule has 0 aliphatic heterocycles. The van der Waals surface area contributed by atoms with Gasteiger partial charge < -0.3 is 10.4 Å². The second-order valence-electron chi connectivity index (χ2n) is 4.42. The van der Waals surface area contributed by atoms with Gasteiger partial charge >= 0.3 is 12.1 Å². The Morgan fingerprint density at radius 2 is 1.44 bits per heavy atom. The first-order valence-corrected chi connectivity index (χ1v) is 4.48. The van der Waals surface area contributed by atoms with Crippen molar-refractivity contribution in [2.45, 2.75) is 25.9 Å². The summed E-state index contributed by atoms with van der Waals surface area (Å²) in [6.45, 7) is 0.758. The summed E-state index contributed by atoms with van der Waals surface area (Å²) in [6.07, 6.45) is -5.07. The van der Waals surface area contributed by atoms with E-state index in [-0.39, 0.29) is 0 Å². The van der Waals surface area contributed by atoms with E-state index >= 15 is 0 Å². The Morgan fingerprint density at radius 1 is 1.06 bits per heavy atom. The molecule has 0 bridgehead atoms. The summed E-state index contributed by atoms with van der Waals surface area (Å²) >= 11 is 0. The van der Waals surface area contributed by atoms with Crippen molar-refractivity contribution in [2.24, 2.45) is 0 Å². The van der Waals surface area contributed by atoms with Crippen molar-refractivity contribution in [3.8, 4) is 0 Å². The van der Waals surface area contributed by atoms with Crippen LogP contribution in [-0.2, 0) is 0 Å². The van der Waals surface area contributed by atoms with Crippen LogP contribution >= 0.6 is 0 Å². The van der Waals surface area contributed by atoms with E-state index in [4.69, 9.17) is 5.84 Å². The van der Waals surface area contributed by atoms with Crippen molar-refractivity contribution in [2.75, 3.05) is 20.6 Å². The molecule has 1 N–H and O–H groups in total. The quantitative estimate of drug-likeness (QED) is 0.314. The summed E-state index contributed by atoms with van der Waals surface area (Å²) < 4.78 is 63.2. The van der Waals surface area contributed by atoms with Gasteiger partial charge in [0.25, 0.3) is 0 Å². The molecule has 0 atom stereocenters. The highest BCUT2D eigenvalue weighted by molar-refractivity contribution is 5.23. The summed E-state index contributed by atoms with van der Waals surface area (Å²) in [5.74, 6) is 3.14. The van der Waals surface area contributed by atoms with Crippen molar-refractivity contribution in [3.63, 3.8) is 0 Å². The van der Waals surface area contributed by atoms with Crippen molar-refractivity contribution >= 4 is 0 Å². The maximum Gasteiger partial charge on any atom is 0.418 e. The SMILES string of the molecule is CC(C)=C(C(F)(F)F)C(F)(F)C[N+](C)(C)[NH-]. The molecule has 0 aromatic heterocycles. The summed E-state index contributed by atoms with van der Waals surface area (Å²) in [4.78, 5) is 0. The molecular formula is C9H15F5N2. The molecule has 96 valence electrons. The molecule has 0 amide bonds. The Bertz CT molecular complexity index is 281. The van der Waals surface area contributed by atoms with Crippen molar-refractivity contribution in [1.29, 1.82) is 0 Å². The lowest BCUT2D eigenvalue weighted by molar-refractivity contribution is -0.848. The van der Waals surface area contributed by atoms with Crippen molar-refractivity contribution in [3.05, 3.63) is 17.0 Å². The summed E-state index contributed by atoms with van der Waals surface area (Å²) in [7, 11) is 2.18. The van der Waals surface area contributed by atoms with Crippen LogP contribution in [0.4, 0.5) is 22.0 Å². The van der Waals surface area contributed by atoms with Crippen LogP contribution < -0.4 is 0 Å². The zero-order valence-electron chi connectivity index (χ0n) is 9.54. The van der Waals surface area contributed by atoms with Gasteiger partial charge in [-0.1, -0.05) is 5.57 Å². The van der Waals surface area contributed by atoms with E-state index in [1.807, 2.05) is 0 Å². The number of nitrogens with zero attached hydrogens (tertiary/aromatic N) is 1. The highest BCUT2D eigenvalue weighted by Gasteiger charge is 2.52. The van der Waals surface area contributed by atoms with Gasteiger partial charge in [0, 0.05) is 0 Å². The number of hydrogen-bond acceptors (Lipinski definition) is 0. The van der Waals surface area contributed by atoms with Gasteiger partial charge in [0.15, 0.2) is 0 Å². The predicted molar refractivity (Wildman–Crippen MR) is 50.7 cm³/mol. The summed E-state index contributed by atoms with van der Waals surface area (Å²) in [5.41, 5.74) is -2.33. The number of quaternary nitrogens is 1. The molecule has 0 saturated carbocycles. The Balaban J connectivity index is 5.34. The maximum atomic E-state index is 13.4. The smallest absolute Gasteiger partial charge is 0.418 e. The van der Waals surface area contributed by atoms with Gasteiger partial charge in [-0.3, -0.25) is 0 Å². The third kappa shape index (κ3) is 4.44. The fraction of sp³-hybridized carbons (Fsp3) is 0.778. The fourth-order valence-electron chi connectivity index (χ4n) is 1.43. The first-order valence-electron chi connectivity index (χ1n) is 4.48. The van der Waals surface area contributed by atoms with Crippen LogP contribution in [0.5, 0.6) is 0 Å². The van der Waals surface area contributed by atoms with E-state index in [2.05, 4.69) is 0 Å². The van der Waals surface area contributed by atoms with Crippen LogP contribution in [-0.4, -0.2) is 37.3 Å². The molecule has 0 fully saturated rings. The molecule has 7 heteroatoms. The van der Waals surface area contributed by atoms with Crippen LogP contribution in [0.3, 0.4) is 0 Å². The molecule has 0 aromatic rings. The Labute approximate surface area is 91.1 Å². The molecule has 16 heavy (non-hydrogen) atoms. The zero-order valence-corrected chi connectivity index (χ0v) is 9.54. The molecule has 2 nitrogen and oxygen atoms in total. The van der Waals surface area contributed by atoms with Gasteiger partial charge in [-0.25, -0.2) is 0 Å². The predicted octanol–water partition coefficient (Wildman–Crippen LogP) is 3.56. The molecule has 0 aliphatic rings. The van der Waals surface area contributed by atoms with Gasteiger partial charge in [0.05, 0.1) is 14.1 Å². The van der Waals surface area contributed by atoms with Crippen LogP contribution in [0.1, 0.15) is 13.8 Å².